The molecule has 0 aliphatic carbocycles. The van der Waals surface area contributed by atoms with Crippen LogP contribution in [0.15, 0.2) is 83.5 Å². The number of hydrogen-bond donors (Lipinski definition) is 1. The van der Waals surface area contributed by atoms with Crippen molar-refractivity contribution in [3.05, 3.63) is 90.2 Å². The molecule has 2 aromatic carbocycles. The second-order valence-electron chi connectivity index (χ2n) is 7.12. The lowest BCUT2D eigenvalue weighted by Crippen LogP contribution is -2.37. The molecule has 31 heavy (non-hydrogen) atoms. The van der Waals surface area contributed by atoms with Crippen molar-refractivity contribution in [2.75, 3.05) is 6.54 Å². The average molecular weight is 414 g/mol. The van der Waals surface area contributed by atoms with E-state index >= 15 is 0 Å². The standard InChI is InChI=1S/C25H22N2O4/c1-17(24(28)26-14-13-18-8-3-2-4-9-18)31-25(29)20-16-22(23-12-7-15-30-23)27-21-11-6-5-10-19(20)21/h2-12,15-17H,13-14H2,1H3,(H,26,28). The molecule has 0 radical (unpaired) electrons. The van der Waals surface area contributed by atoms with Gasteiger partial charge in [0, 0.05) is 11.9 Å². The molecule has 4 rings (SSSR count). The molecule has 2 heterocycles. The lowest BCUT2D eigenvalue weighted by molar-refractivity contribution is -0.129. The third-order valence-electron chi connectivity index (χ3n) is 4.92. The Hall–Kier alpha value is -3.93. The van der Waals surface area contributed by atoms with Crippen LogP contribution in [-0.2, 0) is 16.0 Å². The largest absolute Gasteiger partial charge is 0.463 e. The summed E-state index contributed by atoms with van der Waals surface area (Å²) in [6.45, 7) is 2.03. The topological polar surface area (TPSA) is 81.4 Å². The number of nitrogens with one attached hydrogen (secondary N) is 1. The van der Waals surface area contributed by atoms with Crippen LogP contribution < -0.4 is 5.32 Å². The van der Waals surface area contributed by atoms with Gasteiger partial charge in [-0.25, -0.2) is 9.78 Å². The number of carbonyl (C=O) groups is 2. The molecule has 0 spiro atoms. The molecular weight excluding hydrogens is 392 g/mol. The molecule has 1 amide bonds. The SMILES string of the molecule is CC(OC(=O)c1cc(-c2ccco2)nc2ccccc12)C(=O)NCCc1ccccc1. The van der Waals surface area contributed by atoms with Gasteiger partial charge in [-0.2, -0.15) is 0 Å². The van der Waals surface area contributed by atoms with Gasteiger partial charge in [0.2, 0.25) is 0 Å². The van der Waals surface area contributed by atoms with E-state index < -0.39 is 12.1 Å². The highest BCUT2D eigenvalue weighted by Gasteiger charge is 2.21. The lowest BCUT2D eigenvalue weighted by Gasteiger charge is -2.15. The number of furan rings is 1. The summed E-state index contributed by atoms with van der Waals surface area (Å²) in [4.78, 5) is 29.9. The van der Waals surface area contributed by atoms with Gasteiger partial charge in [0.1, 0.15) is 5.69 Å². The van der Waals surface area contributed by atoms with Crippen LogP contribution >= 0.6 is 0 Å². The number of carbonyl (C=O) groups excluding carboxylic acids is 2. The van der Waals surface area contributed by atoms with Crippen molar-refractivity contribution in [3.8, 4) is 11.5 Å². The molecule has 1 unspecified atom stereocenters. The van der Waals surface area contributed by atoms with Gasteiger partial charge in [0.15, 0.2) is 11.9 Å². The zero-order chi connectivity index (χ0) is 21.6. The molecular formula is C25H22N2O4. The molecule has 0 bridgehead atoms. The summed E-state index contributed by atoms with van der Waals surface area (Å²) in [5.74, 6) is -0.377. The predicted molar refractivity (Wildman–Crippen MR) is 117 cm³/mol. The van der Waals surface area contributed by atoms with Crippen LogP contribution in [0.3, 0.4) is 0 Å². The van der Waals surface area contributed by atoms with E-state index in [1.807, 2.05) is 48.5 Å². The van der Waals surface area contributed by atoms with Gasteiger partial charge in [-0.15, -0.1) is 0 Å². The van der Waals surface area contributed by atoms with E-state index in [4.69, 9.17) is 9.15 Å². The quantitative estimate of drug-likeness (QED) is 0.453. The Morgan fingerprint density at radius 1 is 1.03 bits per heavy atom. The summed E-state index contributed by atoms with van der Waals surface area (Å²) in [5.41, 5.74) is 2.63. The summed E-state index contributed by atoms with van der Waals surface area (Å²) < 4.78 is 10.9. The van der Waals surface area contributed by atoms with Crippen LogP contribution in [0.2, 0.25) is 0 Å². The Bertz CT molecular complexity index is 1190. The summed E-state index contributed by atoms with van der Waals surface area (Å²) >= 11 is 0. The van der Waals surface area contributed by atoms with Crippen molar-refractivity contribution in [1.82, 2.24) is 10.3 Å². The number of fused-ring (bicyclic) bond motifs is 1. The summed E-state index contributed by atoms with van der Waals surface area (Å²) in [6, 6.07) is 22.3. The number of ether oxygens (including phenoxy) is 1. The van der Waals surface area contributed by atoms with E-state index in [1.165, 1.54) is 0 Å². The monoisotopic (exact) mass is 414 g/mol. The number of nitrogens with zero attached hydrogens (tertiary/aromatic N) is 1. The first kappa shape index (κ1) is 20.3. The van der Waals surface area contributed by atoms with Gasteiger partial charge in [-0.05, 0) is 43.2 Å². The number of pyridine rings is 1. The summed E-state index contributed by atoms with van der Waals surface area (Å²) in [5, 5.41) is 3.47. The van der Waals surface area contributed by atoms with E-state index in [-0.39, 0.29) is 5.91 Å². The van der Waals surface area contributed by atoms with E-state index in [9.17, 15) is 9.59 Å². The van der Waals surface area contributed by atoms with E-state index in [2.05, 4.69) is 10.3 Å². The van der Waals surface area contributed by atoms with Crippen LogP contribution in [0.25, 0.3) is 22.4 Å². The molecule has 0 aliphatic heterocycles. The molecule has 1 atom stereocenters. The molecule has 0 saturated heterocycles. The third-order valence-corrected chi connectivity index (χ3v) is 4.92. The smallest absolute Gasteiger partial charge is 0.339 e. The fraction of sp³-hybridized carbons (Fsp3) is 0.160. The van der Waals surface area contributed by atoms with Crippen molar-refractivity contribution in [2.24, 2.45) is 0 Å². The molecule has 4 aromatic rings. The predicted octanol–water partition coefficient (Wildman–Crippen LogP) is 4.40. The molecule has 0 aliphatic rings. The first-order chi connectivity index (χ1) is 15.1. The maximum Gasteiger partial charge on any atom is 0.339 e. The Balaban J connectivity index is 1.46. The van der Waals surface area contributed by atoms with E-state index in [0.717, 1.165) is 5.56 Å². The molecule has 2 aromatic heterocycles. The highest BCUT2D eigenvalue weighted by molar-refractivity contribution is 6.05. The van der Waals surface area contributed by atoms with Crippen molar-refractivity contribution in [2.45, 2.75) is 19.4 Å². The van der Waals surface area contributed by atoms with Gasteiger partial charge in [-0.1, -0.05) is 48.5 Å². The van der Waals surface area contributed by atoms with E-state index in [0.29, 0.717) is 40.9 Å². The second kappa shape index (κ2) is 9.26. The fourth-order valence-electron chi connectivity index (χ4n) is 3.29. The van der Waals surface area contributed by atoms with Crippen LogP contribution in [0.1, 0.15) is 22.8 Å². The molecule has 6 heteroatoms. The number of aromatic nitrogens is 1. The van der Waals surface area contributed by atoms with Gasteiger partial charge in [0.05, 0.1) is 17.3 Å². The lowest BCUT2D eigenvalue weighted by atomic mass is 10.1. The maximum absolute atomic E-state index is 12.9. The van der Waals surface area contributed by atoms with Crippen molar-refractivity contribution >= 4 is 22.8 Å². The number of para-hydroxylation sites is 1. The highest BCUT2D eigenvalue weighted by atomic mass is 16.5. The summed E-state index contributed by atoms with van der Waals surface area (Å²) in [7, 11) is 0. The highest BCUT2D eigenvalue weighted by Crippen LogP contribution is 2.26. The molecule has 0 fully saturated rings. The minimum atomic E-state index is -0.928. The van der Waals surface area contributed by atoms with Crippen molar-refractivity contribution in [1.29, 1.82) is 0 Å². The van der Waals surface area contributed by atoms with Crippen molar-refractivity contribution < 1.29 is 18.7 Å². The maximum atomic E-state index is 12.9. The molecule has 6 nitrogen and oxygen atoms in total. The van der Waals surface area contributed by atoms with Gasteiger partial charge < -0.3 is 14.5 Å². The van der Waals surface area contributed by atoms with Gasteiger partial charge >= 0.3 is 5.97 Å². The Labute approximate surface area is 179 Å². The first-order valence-electron chi connectivity index (χ1n) is 10.1. The van der Waals surface area contributed by atoms with Gasteiger partial charge in [-0.3, -0.25) is 4.79 Å². The summed E-state index contributed by atoms with van der Waals surface area (Å²) in [6.07, 6.45) is 1.32. The van der Waals surface area contributed by atoms with Gasteiger partial charge in [0.25, 0.3) is 5.91 Å². The average Bonchev–Trinajstić information content (AvgIpc) is 3.34. The number of rotatable bonds is 7. The third kappa shape index (κ3) is 4.80. The molecule has 0 saturated carbocycles. The van der Waals surface area contributed by atoms with Crippen LogP contribution in [-0.4, -0.2) is 29.5 Å². The zero-order valence-corrected chi connectivity index (χ0v) is 17.1. The zero-order valence-electron chi connectivity index (χ0n) is 17.1. The normalized spacial score (nSPS) is 11.8. The van der Waals surface area contributed by atoms with E-state index in [1.54, 1.807) is 37.5 Å². The Kier molecular flexibility index (Phi) is 6.08. The second-order valence-corrected chi connectivity index (χ2v) is 7.12. The minimum Gasteiger partial charge on any atom is -0.463 e. The van der Waals surface area contributed by atoms with Crippen LogP contribution in [0, 0.1) is 0 Å². The molecule has 1 N–H and O–H groups in total. The number of hydrogen-bond acceptors (Lipinski definition) is 5. The minimum absolute atomic E-state index is 0.334. The van der Waals surface area contributed by atoms with Crippen molar-refractivity contribution in [3.63, 3.8) is 0 Å². The fourth-order valence-corrected chi connectivity index (χ4v) is 3.29. The molecule has 156 valence electrons. The van der Waals surface area contributed by atoms with Crippen LogP contribution in [0.5, 0.6) is 0 Å². The Morgan fingerprint density at radius 2 is 1.81 bits per heavy atom. The Morgan fingerprint density at radius 3 is 2.58 bits per heavy atom. The van der Waals surface area contributed by atoms with Crippen LogP contribution in [0.4, 0.5) is 0 Å². The number of amides is 1. The number of benzene rings is 2. The number of esters is 1. The first-order valence-corrected chi connectivity index (χ1v) is 10.1.